The molecule has 0 aromatic carbocycles. The van der Waals surface area contributed by atoms with Crippen LogP contribution < -0.4 is 5.32 Å². The van der Waals surface area contributed by atoms with E-state index in [1.807, 2.05) is 18.5 Å². The van der Waals surface area contributed by atoms with Gasteiger partial charge in [0.2, 0.25) is 0 Å². The van der Waals surface area contributed by atoms with Crippen molar-refractivity contribution in [3.63, 3.8) is 0 Å². The molecule has 0 fully saturated rings. The highest BCUT2D eigenvalue weighted by Crippen LogP contribution is 2.07. The van der Waals surface area contributed by atoms with Crippen LogP contribution in [0.3, 0.4) is 0 Å². The minimum absolute atomic E-state index is 0.172. The summed E-state index contributed by atoms with van der Waals surface area (Å²) in [5.74, 6) is -0.172. The Hall–Kier alpha value is -1.62. The van der Waals surface area contributed by atoms with Crippen molar-refractivity contribution in [3.05, 3.63) is 52.5 Å². The van der Waals surface area contributed by atoms with Crippen LogP contribution in [0.15, 0.2) is 41.3 Å². The van der Waals surface area contributed by atoms with Crippen molar-refractivity contribution in [2.24, 2.45) is 0 Å². The molecule has 5 heteroatoms. The van der Waals surface area contributed by atoms with E-state index in [-0.39, 0.29) is 5.91 Å². The minimum atomic E-state index is -0.172. The van der Waals surface area contributed by atoms with E-state index in [9.17, 15) is 4.79 Å². The van der Waals surface area contributed by atoms with Crippen molar-refractivity contribution >= 4 is 21.8 Å². The monoisotopic (exact) mass is 279 g/mol. The van der Waals surface area contributed by atoms with Crippen LogP contribution in [0.1, 0.15) is 16.1 Å². The molecule has 0 saturated heterocycles. The molecule has 2 rings (SSSR count). The molecule has 4 nitrogen and oxygen atoms in total. The molecular formula is C11H10BrN3O. The van der Waals surface area contributed by atoms with Crippen molar-refractivity contribution in [2.75, 3.05) is 0 Å². The number of nitrogens with one attached hydrogen (secondary N) is 2. The fourth-order valence-electron chi connectivity index (χ4n) is 1.25. The van der Waals surface area contributed by atoms with Gasteiger partial charge >= 0.3 is 0 Å². The lowest BCUT2D eigenvalue weighted by molar-refractivity contribution is 0.0946. The van der Waals surface area contributed by atoms with Crippen LogP contribution in [0.25, 0.3) is 0 Å². The average Bonchev–Trinajstić information content (AvgIpc) is 2.80. The van der Waals surface area contributed by atoms with E-state index in [1.165, 1.54) is 0 Å². The highest BCUT2D eigenvalue weighted by molar-refractivity contribution is 9.10. The highest BCUT2D eigenvalue weighted by atomic mass is 79.9. The number of carbonyl (C=O) groups is 1. The molecule has 2 aromatic rings. The lowest BCUT2D eigenvalue weighted by Crippen LogP contribution is -2.23. The molecule has 0 atom stereocenters. The van der Waals surface area contributed by atoms with Gasteiger partial charge in [-0.3, -0.25) is 4.79 Å². The van der Waals surface area contributed by atoms with Crippen molar-refractivity contribution < 1.29 is 4.79 Å². The molecule has 1 amide bonds. The van der Waals surface area contributed by atoms with E-state index in [2.05, 4.69) is 31.2 Å². The normalized spacial score (nSPS) is 10.1. The number of halogens is 1. The number of hydrogen-bond acceptors (Lipinski definition) is 2. The van der Waals surface area contributed by atoms with Crippen LogP contribution in [0, 0.1) is 0 Å². The Morgan fingerprint density at radius 2 is 2.31 bits per heavy atom. The van der Waals surface area contributed by atoms with Crippen LogP contribution >= 0.6 is 15.9 Å². The Kier molecular flexibility index (Phi) is 3.36. The van der Waals surface area contributed by atoms with Gasteiger partial charge in [0.15, 0.2) is 0 Å². The molecule has 0 saturated carbocycles. The Balaban J connectivity index is 1.95. The Morgan fingerprint density at radius 3 is 2.94 bits per heavy atom. The molecule has 16 heavy (non-hydrogen) atoms. The molecule has 0 aliphatic heterocycles. The number of aromatic nitrogens is 2. The van der Waals surface area contributed by atoms with E-state index in [0.29, 0.717) is 12.2 Å². The minimum Gasteiger partial charge on any atom is -0.367 e. The predicted molar refractivity (Wildman–Crippen MR) is 63.9 cm³/mol. The second-order valence-electron chi connectivity index (χ2n) is 3.26. The number of aromatic amines is 1. The zero-order valence-corrected chi connectivity index (χ0v) is 9.99. The van der Waals surface area contributed by atoms with E-state index in [4.69, 9.17) is 0 Å². The number of pyridine rings is 1. The molecule has 2 aromatic heterocycles. The first-order chi connectivity index (χ1) is 7.75. The van der Waals surface area contributed by atoms with Crippen molar-refractivity contribution in [1.29, 1.82) is 0 Å². The summed E-state index contributed by atoms with van der Waals surface area (Å²) < 4.78 is 0.856. The van der Waals surface area contributed by atoms with Gasteiger partial charge in [-0.05, 0) is 39.7 Å². The zero-order chi connectivity index (χ0) is 11.4. The summed E-state index contributed by atoms with van der Waals surface area (Å²) in [7, 11) is 0. The van der Waals surface area contributed by atoms with Gasteiger partial charge in [-0.1, -0.05) is 0 Å². The molecule has 0 unspecified atom stereocenters. The topological polar surface area (TPSA) is 57.8 Å². The van der Waals surface area contributed by atoms with Crippen LogP contribution in [-0.4, -0.2) is 15.9 Å². The predicted octanol–water partition coefficient (Wildman–Crippen LogP) is 2.10. The first kappa shape index (κ1) is 10.9. The summed E-state index contributed by atoms with van der Waals surface area (Å²) in [6.45, 7) is 0.500. The highest BCUT2D eigenvalue weighted by Gasteiger charge is 2.06. The van der Waals surface area contributed by atoms with E-state index in [0.717, 1.165) is 10.0 Å². The third-order valence-electron chi connectivity index (χ3n) is 2.08. The lowest BCUT2D eigenvalue weighted by Gasteiger charge is -2.02. The van der Waals surface area contributed by atoms with Crippen LogP contribution in [0.5, 0.6) is 0 Å². The van der Waals surface area contributed by atoms with Crippen LogP contribution in [0.2, 0.25) is 0 Å². The summed E-state index contributed by atoms with van der Waals surface area (Å²) >= 11 is 3.27. The number of hydrogen-bond donors (Lipinski definition) is 2. The smallest absolute Gasteiger partial charge is 0.270 e. The largest absolute Gasteiger partial charge is 0.367 e. The van der Waals surface area contributed by atoms with Crippen LogP contribution in [-0.2, 0) is 6.54 Å². The summed E-state index contributed by atoms with van der Waals surface area (Å²) in [6, 6.07) is 5.38. The van der Waals surface area contributed by atoms with Gasteiger partial charge in [-0.2, -0.15) is 0 Å². The van der Waals surface area contributed by atoms with Crippen LogP contribution in [0.4, 0.5) is 0 Å². The Bertz CT molecular complexity index is 464. The zero-order valence-electron chi connectivity index (χ0n) is 8.40. The summed E-state index contributed by atoms with van der Waals surface area (Å²) in [6.07, 6.45) is 5.26. The Morgan fingerprint density at radius 1 is 1.44 bits per heavy atom. The van der Waals surface area contributed by atoms with Gasteiger partial charge in [0.1, 0.15) is 5.69 Å². The Labute approximate surface area is 101 Å². The van der Waals surface area contributed by atoms with Gasteiger partial charge in [0.05, 0.1) is 0 Å². The van der Waals surface area contributed by atoms with Gasteiger partial charge in [0.25, 0.3) is 5.91 Å². The molecule has 0 aliphatic carbocycles. The van der Waals surface area contributed by atoms with Gasteiger partial charge in [0, 0.05) is 29.6 Å². The fourth-order valence-corrected chi connectivity index (χ4v) is 1.49. The van der Waals surface area contributed by atoms with Gasteiger partial charge in [-0.25, -0.2) is 4.98 Å². The molecule has 0 aliphatic rings. The first-order valence-electron chi connectivity index (χ1n) is 4.77. The number of amides is 1. The van der Waals surface area contributed by atoms with Crippen molar-refractivity contribution in [2.45, 2.75) is 6.54 Å². The first-order valence-corrected chi connectivity index (χ1v) is 5.56. The fraction of sp³-hybridized carbons (Fsp3) is 0.0909. The third-order valence-corrected chi connectivity index (χ3v) is 2.54. The molecule has 0 radical (unpaired) electrons. The maximum atomic E-state index is 11.7. The van der Waals surface area contributed by atoms with Gasteiger partial charge < -0.3 is 10.3 Å². The number of carbonyl (C=O) groups excluding carboxylic acids is 1. The standard InChI is InChI=1S/C11H10BrN3O/c12-9-1-2-10(14-7-9)11(16)15-6-8-3-4-13-5-8/h1-5,7,13H,6H2,(H,15,16). The average molecular weight is 280 g/mol. The van der Waals surface area contributed by atoms with Gasteiger partial charge in [-0.15, -0.1) is 0 Å². The second kappa shape index (κ2) is 4.94. The molecule has 2 heterocycles. The molecule has 2 N–H and O–H groups in total. The third kappa shape index (κ3) is 2.70. The summed E-state index contributed by atoms with van der Waals surface area (Å²) in [5.41, 5.74) is 1.45. The van der Waals surface area contributed by atoms with E-state index < -0.39 is 0 Å². The maximum Gasteiger partial charge on any atom is 0.270 e. The summed E-state index contributed by atoms with van der Waals surface area (Å²) in [5, 5.41) is 2.78. The second-order valence-corrected chi connectivity index (χ2v) is 4.18. The number of H-pyrrole nitrogens is 1. The number of rotatable bonds is 3. The quantitative estimate of drug-likeness (QED) is 0.904. The molecule has 0 bridgehead atoms. The summed E-state index contributed by atoms with van der Waals surface area (Å²) in [4.78, 5) is 18.6. The SMILES string of the molecule is O=C(NCc1cc[nH]c1)c1ccc(Br)cn1. The number of nitrogens with zero attached hydrogens (tertiary/aromatic N) is 1. The molecular weight excluding hydrogens is 270 g/mol. The van der Waals surface area contributed by atoms with Crippen molar-refractivity contribution in [3.8, 4) is 0 Å². The molecule has 82 valence electrons. The maximum absolute atomic E-state index is 11.7. The molecule has 0 spiro atoms. The van der Waals surface area contributed by atoms with Crippen molar-refractivity contribution in [1.82, 2.24) is 15.3 Å². The van der Waals surface area contributed by atoms with E-state index >= 15 is 0 Å². The van der Waals surface area contributed by atoms with E-state index in [1.54, 1.807) is 18.3 Å². The lowest BCUT2D eigenvalue weighted by atomic mass is 10.3.